The summed E-state index contributed by atoms with van der Waals surface area (Å²) < 4.78 is 9.07. The summed E-state index contributed by atoms with van der Waals surface area (Å²) in [4.78, 5) is 15.2. The minimum absolute atomic E-state index is 0.0753. The fourth-order valence-corrected chi connectivity index (χ4v) is 9.37. The maximum Gasteiger partial charge on any atom is 0.164 e. The van der Waals surface area contributed by atoms with Crippen molar-refractivity contribution in [3.05, 3.63) is 193 Å². The molecule has 11 aromatic rings. The maximum absolute atomic E-state index is 6.68. The SMILES string of the molecule is CC1(C)c2ccccc2-c2ccc(-c3ccc4c(c3)c3ccccc3n4-c3cc(-c4nc(-c5ccccc5)nc(-c5ccccc5)n4)cc4oc5ccccc5c34)cc21. The molecule has 0 saturated carbocycles. The molecule has 0 aliphatic heterocycles. The minimum Gasteiger partial charge on any atom is -0.456 e. The van der Waals surface area contributed by atoms with Crippen molar-refractivity contribution in [2.45, 2.75) is 19.3 Å². The predicted octanol–water partition coefficient (Wildman–Crippen LogP) is 13.8. The molecule has 0 spiro atoms. The van der Waals surface area contributed by atoms with Crippen LogP contribution in [0.3, 0.4) is 0 Å². The number of hydrogen-bond donors (Lipinski definition) is 0. The highest BCUT2D eigenvalue weighted by molar-refractivity contribution is 6.15. The van der Waals surface area contributed by atoms with Gasteiger partial charge in [0.25, 0.3) is 0 Å². The van der Waals surface area contributed by atoms with E-state index >= 15 is 0 Å². The van der Waals surface area contributed by atoms with Crippen molar-refractivity contribution in [3.63, 3.8) is 0 Å². The number of fused-ring (bicyclic) bond motifs is 9. The Morgan fingerprint density at radius 3 is 1.75 bits per heavy atom. The van der Waals surface area contributed by atoms with E-state index < -0.39 is 0 Å². The third kappa shape index (κ3) is 5.14. The molecule has 3 aromatic heterocycles. The Morgan fingerprint density at radius 2 is 0.983 bits per heavy atom. The van der Waals surface area contributed by atoms with Crippen LogP contribution in [-0.2, 0) is 5.41 Å². The molecule has 1 aliphatic rings. The number of furan rings is 1. The molecule has 1 aliphatic carbocycles. The second kappa shape index (κ2) is 12.7. The second-order valence-corrected chi connectivity index (χ2v) is 16.0. The molecule has 0 atom stereocenters. The van der Waals surface area contributed by atoms with Crippen molar-refractivity contribution >= 4 is 43.7 Å². The van der Waals surface area contributed by atoms with E-state index in [0.29, 0.717) is 17.5 Å². The molecule has 0 unspecified atom stereocenters. The molecule has 59 heavy (non-hydrogen) atoms. The highest BCUT2D eigenvalue weighted by Gasteiger charge is 2.35. The van der Waals surface area contributed by atoms with Gasteiger partial charge in [-0.25, -0.2) is 15.0 Å². The largest absolute Gasteiger partial charge is 0.456 e. The van der Waals surface area contributed by atoms with E-state index in [1.807, 2.05) is 72.8 Å². The van der Waals surface area contributed by atoms with Crippen LogP contribution >= 0.6 is 0 Å². The quantitative estimate of drug-likeness (QED) is 0.175. The van der Waals surface area contributed by atoms with Gasteiger partial charge in [0.1, 0.15) is 11.2 Å². The Labute approximate surface area is 340 Å². The summed E-state index contributed by atoms with van der Waals surface area (Å²) in [5, 5.41) is 4.46. The molecule has 0 radical (unpaired) electrons. The van der Waals surface area contributed by atoms with Crippen molar-refractivity contribution in [1.82, 2.24) is 19.5 Å². The van der Waals surface area contributed by atoms with Crippen LogP contribution in [0.25, 0.3) is 106 Å². The standard InChI is InChI=1S/C54H36N4O/c1-54(2)43-22-12-9-19-38(43)39-27-25-36(30-44(39)54)35-26-28-46-42(29-35)40-20-10-13-23-45(40)58(46)47-31-37(32-49-50(47)41-21-11-14-24-48(41)59-49)53-56-51(33-15-5-3-6-16-33)55-52(57-53)34-17-7-4-8-18-34/h3-32H,1-2H3. The maximum atomic E-state index is 6.68. The van der Waals surface area contributed by atoms with Crippen LogP contribution in [-0.4, -0.2) is 19.5 Å². The fraction of sp³-hybridized carbons (Fsp3) is 0.0556. The van der Waals surface area contributed by atoms with E-state index in [2.05, 4.69) is 128 Å². The highest BCUT2D eigenvalue weighted by Crippen LogP contribution is 2.50. The van der Waals surface area contributed by atoms with Gasteiger partial charge >= 0.3 is 0 Å². The van der Waals surface area contributed by atoms with E-state index in [0.717, 1.165) is 55.3 Å². The molecule has 0 N–H and O–H groups in total. The molecule has 0 saturated heterocycles. The van der Waals surface area contributed by atoms with Crippen molar-refractivity contribution in [2.75, 3.05) is 0 Å². The first kappa shape index (κ1) is 33.5. The Balaban J connectivity index is 1.09. The van der Waals surface area contributed by atoms with Gasteiger partial charge in [0, 0.05) is 38.3 Å². The van der Waals surface area contributed by atoms with Gasteiger partial charge < -0.3 is 8.98 Å². The summed E-state index contributed by atoms with van der Waals surface area (Å²) >= 11 is 0. The van der Waals surface area contributed by atoms with E-state index in [1.54, 1.807) is 0 Å². The number of rotatable bonds is 5. The van der Waals surface area contributed by atoms with Crippen LogP contribution in [0.2, 0.25) is 0 Å². The Hall–Kier alpha value is -7.63. The number of hydrogen-bond acceptors (Lipinski definition) is 4. The molecule has 8 aromatic carbocycles. The molecule has 0 fully saturated rings. The molecule has 0 bridgehead atoms. The van der Waals surface area contributed by atoms with Gasteiger partial charge in [-0.05, 0) is 75.8 Å². The predicted molar refractivity (Wildman–Crippen MR) is 241 cm³/mol. The summed E-state index contributed by atoms with van der Waals surface area (Å²) in [6.45, 7) is 4.68. The van der Waals surface area contributed by atoms with Crippen LogP contribution in [0.4, 0.5) is 0 Å². The fourth-order valence-electron chi connectivity index (χ4n) is 9.37. The van der Waals surface area contributed by atoms with Crippen LogP contribution in [0.1, 0.15) is 25.0 Å². The minimum atomic E-state index is -0.0753. The summed E-state index contributed by atoms with van der Waals surface area (Å²) in [5.74, 6) is 1.80. The molecular weight excluding hydrogens is 721 g/mol. The molecule has 3 heterocycles. The monoisotopic (exact) mass is 756 g/mol. The van der Waals surface area contributed by atoms with E-state index in [4.69, 9.17) is 19.4 Å². The van der Waals surface area contributed by atoms with Gasteiger partial charge in [-0.1, -0.05) is 153 Å². The van der Waals surface area contributed by atoms with Gasteiger partial charge in [-0.3, -0.25) is 0 Å². The van der Waals surface area contributed by atoms with Crippen molar-refractivity contribution in [2.24, 2.45) is 0 Å². The Bertz CT molecular complexity index is 3410. The van der Waals surface area contributed by atoms with Crippen LogP contribution < -0.4 is 0 Å². The van der Waals surface area contributed by atoms with Crippen LogP contribution in [0, 0.1) is 0 Å². The summed E-state index contributed by atoms with van der Waals surface area (Å²) in [6, 6.07) is 64.3. The smallest absolute Gasteiger partial charge is 0.164 e. The molecule has 5 nitrogen and oxygen atoms in total. The van der Waals surface area contributed by atoms with Crippen molar-refractivity contribution < 1.29 is 4.42 Å². The second-order valence-electron chi connectivity index (χ2n) is 16.0. The normalized spacial score (nSPS) is 13.1. The third-order valence-corrected chi connectivity index (χ3v) is 12.2. The van der Waals surface area contributed by atoms with E-state index in [-0.39, 0.29) is 5.41 Å². The number of aromatic nitrogens is 4. The molecule has 278 valence electrons. The highest BCUT2D eigenvalue weighted by atomic mass is 16.3. The number of nitrogens with zero attached hydrogens (tertiary/aromatic N) is 4. The van der Waals surface area contributed by atoms with Crippen molar-refractivity contribution in [3.8, 4) is 62.1 Å². The van der Waals surface area contributed by atoms with Gasteiger partial charge in [0.2, 0.25) is 0 Å². The average molecular weight is 757 g/mol. The lowest BCUT2D eigenvalue weighted by Crippen LogP contribution is -2.14. The van der Waals surface area contributed by atoms with Crippen LogP contribution in [0.5, 0.6) is 0 Å². The number of benzene rings is 8. The van der Waals surface area contributed by atoms with Crippen molar-refractivity contribution in [1.29, 1.82) is 0 Å². The number of para-hydroxylation sites is 2. The van der Waals surface area contributed by atoms with Gasteiger partial charge in [0.05, 0.1) is 22.1 Å². The Kier molecular flexibility index (Phi) is 7.20. The molecule has 5 heteroatoms. The van der Waals surface area contributed by atoms with Gasteiger partial charge in [-0.2, -0.15) is 0 Å². The first-order valence-electron chi connectivity index (χ1n) is 20.1. The topological polar surface area (TPSA) is 56.7 Å². The zero-order valence-electron chi connectivity index (χ0n) is 32.5. The summed E-state index contributed by atoms with van der Waals surface area (Å²) in [5.41, 5.74) is 15.3. The van der Waals surface area contributed by atoms with Gasteiger partial charge in [0.15, 0.2) is 17.5 Å². The van der Waals surface area contributed by atoms with Crippen LogP contribution in [0.15, 0.2) is 186 Å². The first-order valence-corrected chi connectivity index (χ1v) is 20.1. The molecule has 0 amide bonds. The molecular formula is C54H36N4O. The average Bonchev–Trinajstić information content (AvgIpc) is 3.91. The summed E-state index contributed by atoms with van der Waals surface area (Å²) in [7, 11) is 0. The third-order valence-electron chi connectivity index (χ3n) is 12.2. The zero-order chi connectivity index (χ0) is 39.2. The lowest BCUT2D eigenvalue weighted by Gasteiger charge is -2.22. The molecule has 12 rings (SSSR count). The van der Waals surface area contributed by atoms with E-state index in [9.17, 15) is 0 Å². The zero-order valence-corrected chi connectivity index (χ0v) is 32.5. The Morgan fingerprint density at radius 1 is 0.407 bits per heavy atom. The lowest BCUT2D eigenvalue weighted by atomic mass is 9.81. The first-order chi connectivity index (χ1) is 29.0. The van der Waals surface area contributed by atoms with Gasteiger partial charge in [-0.15, -0.1) is 0 Å². The van der Waals surface area contributed by atoms with E-state index in [1.165, 1.54) is 44.2 Å². The lowest BCUT2D eigenvalue weighted by molar-refractivity contribution is 0.660. The summed E-state index contributed by atoms with van der Waals surface area (Å²) in [6.07, 6.45) is 0.